The predicted molar refractivity (Wildman–Crippen MR) is 111 cm³/mol. The van der Waals surface area contributed by atoms with Crippen molar-refractivity contribution in [3.05, 3.63) is 60.4 Å². The first-order valence-corrected chi connectivity index (χ1v) is 10.4. The summed E-state index contributed by atoms with van der Waals surface area (Å²) in [5.41, 5.74) is 1.19. The van der Waals surface area contributed by atoms with E-state index >= 15 is 0 Å². The zero-order chi connectivity index (χ0) is 20.9. The Kier molecular flexibility index (Phi) is 6.18. The summed E-state index contributed by atoms with van der Waals surface area (Å²) in [4.78, 5) is 8.59. The lowest BCUT2D eigenvalue weighted by Gasteiger charge is -2.11. The molecule has 0 amide bonds. The lowest BCUT2D eigenvalue weighted by Crippen LogP contribution is -2.12. The van der Waals surface area contributed by atoms with Gasteiger partial charge in [0.1, 0.15) is 17.4 Å². The van der Waals surface area contributed by atoms with Gasteiger partial charge in [-0.05, 0) is 62.4 Å². The standard InChI is InChI=1S/C20H22N4O4S/c1-4-28-17-9-11-18(12-10-17)29(25,26)24-16-7-5-15(6-8-16)23-19-13-20(27-3)22-14(2)21-19/h5-13,24H,4H2,1-3H3,(H,21,22,23). The van der Waals surface area contributed by atoms with Crippen molar-refractivity contribution in [3.8, 4) is 11.6 Å². The van der Waals surface area contributed by atoms with E-state index in [1.165, 1.54) is 19.2 Å². The molecule has 0 aliphatic rings. The molecule has 9 heteroatoms. The maximum Gasteiger partial charge on any atom is 0.261 e. The molecule has 8 nitrogen and oxygen atoms in total. The van der Waals surface area contributed by atoms with Crippen LogP contribution in [0.5, 0.6) is 11.6 Å². The van der Waals surface area contributed by atoms with Crippen LogP contribution < -0.4 is 19.5 Å². The largest absolute Gasteiger partial charge is 0.494 e. The number of nitrogens with one attached hydrogen (secondary N) is 2. The van der Waals surface area contributed by atoms with Crippen molar-refractivity contribution in [2.75, 3.05) is 23.8 Å². The summed E-state index contributed by atoms with van der Waals surface area (Å²) in [6, 6.07) is 14.8. The van der Waals surface area contributed by atoms with E-state index < -0.39 is 10.0 Å². The van der Waals surface area contributed by atoms with E-state index in [9.17, 15) is 8.42 Å². The molecule has 1 aromatic heterocycles. The number of ether oxygens (including phenoxy) is 2. The van der Waals surface area contributed by atoms with Gasteiger partial charge in [0.2, 0.25) is 5.88 Å². The summed E-state index contributed by atoms with van der Waals surface area (Å²) in [7, 11) is -2.16. The van der Waals surface area contributed by atoms with Crippen molar-refractivity contribution in [2.24, 2.45) is 0 Å². The molecule has 0 spiro atoms. The molecular formula is C20H22N4O4S. The van der Waals surface area contributed by atoms with E-state index in [0.29, 0.717) is 35.6 Å². The molecule has 2 aromatic carbocycles. The van der Waals surface area contributed by atoms with Crippen molar-refractivity contribution in [3.63, 3.8) is 0 Å². The lowest BCUT2D eigenvalue weighted by molar-refractivity contribution is 0.340. The SMILES string of the molecule is CCOc1ccc(S(=O)(=O)Nc2ccc(Nc3cc(OC)nc(C)n3)cc2)cc1. The van der Waals surface area contributed by atoms with Gasteiger partial charge in [-0.25, -0.2) is 13.4 Å². The quantitative estimate of drug-likeness (QED) is 0.579. The molecule has 0 fully saturated rings. The molecule has 152 valence electrons. The molecule has 0 bridgehead atoms. The third kappa shape index (κ3) is 5.35. The number of hydrogen-bond donors (Lipinski definition) is 2. The van der Waals surface area contributed by atoms with E-state index in [1.54, 1.807) is 49.4 Å². The van der Waals surface area contributed by atoms with Gasteiger partial charge in [-0.2, -0.15) is 4.98 Å². The van der Waals surface area contributed by atoms with Crippen molar-refractivity contribution >= 4 is 27.2 Å². The molecule has 0 radical (unpaired) electrons. The highest BCUT2D eigenvalue weighted by molar-refractivity contribution is 7.92. The molecule has 0 saturated carbocycles. The zero-order valence-electron chi connectivity index (χ0n) is 16.3. The van der Waals surface area contributed by atoms with E-state index in [-0.39, 0.29) is 4.90 Å². The van der Waals surface area contributed by atoms with Crippen LogP contribution in [0.3, 0.4) is 0 Å². The van der Waals surface area contributed by atoms with Gasteiger partial charge in [0.25, 0.3) is 10.0 Å². The van der Waals surface area contributed by atoms with Crippen LogP contribution in [0, 0.1) is 6.92 Å². The van der Waals surface area contributed by atoms with E-state index in [4.69, 9.17) is 9.47 Å². The highest BCUT2D eigenvalue weighted by atomic mass is 32.2. The second-order valence-electron chi connectivity index (χ2n) is 6.06. The number of benzene rings is 2. The van der Waals surface area contributed by atoms with Gasteiger partial charge >= 0.3 is 0 Å². The zero-order valence-corrected chi connectivity index (χ0v) is 17.2. The van der Waals surface area contributed by atoms with Crippen molar-refractivity contribution in [1.29, 1.82) is 0 Å². The van der Waals surface area contributed by atoms with Crippen molar-refractivity contribution < 1.29 is 17.9 Å². The second kappa shape index (κ2) is 8.78. The molecule has 2 N–H and O–H groups in total. The van der Waals surface area contributed by atoms with Crippen LogP contribution in [0.1, 0.15) is 12.7 Å². The van der Waals surface area contributed by atoms with Gasteiger partial charge in [0.05, 0.1) is 18.6 Å². The van der Waals surface area contributed by atoms with Crippen molar-refractivity contribution in [1.82, 2.24) is 9.97 Å². The van der Waals surface area contributed by atoms with Crippen molar-refractivity contribution in [2.45, 2.75) is 18.7 Å². The fourth-order valence-electron chi connectivity index (χ4n) is 2.57. The molecule has 0 aliphatic heterocycles. The number of hydrogen-bond acceptors (Lipinski definition) is 7. The summed E-state index contributed by atoms with van der Waals surface area (Å²) < 4.78 is 38.1. The average molecular weight is 414 g/mol. The fraction of sp³-hybridized carbons (Fsp3) is 0.200. The minimum atomic E-state index is -3.69. The number of sulfonamides is 1. The van der Waals surface area contributed by atoms with Crippen LogP contribution in [0.4, 0.5) is 17.2 Å². The summed E-state index contributed by atoms with van der Waals surface area (Å²) in [6.45, 7) is 4.16. The number of nitrogens with zero attached hydrogens (tertiary/aromatic N) is 2. The minimum Gasteiger partial charge on any atom is -0.494 e. The Morgan fingerprint density at radius 1 is 0.966 bits per heavy atom. The van der Waals surface area contributed by atoms with Crippen LogP contribution in [0.15, 0.2) is 59.5 Å². The first-order valence-electron chi connectivity index (χ1n) is 8.92. The Balaban J connectivity index is 1.70. The average Bonchev–Trinajstić information content (AvgIpc) is 2.69. The highest BCUT2D eigenvalue weighted by Gasteiger charge is 2.14. The summed E-state index contributed by atoms with van der Waals surface area (Å²) in [5, 5.41) is 3.14. The van der Waals surface area contributed by atoms with Crippen LogP contribution in [0.2, 0.25) is 0 Å². The van der Waals surface area contributed by atoms with E-state index in [1.807, 2.05) is 6.92 Å². The summed E-state index contributed by atoms with van der Waals surface area (Å²) >= 11 is 0. The van der Waals surface area contributed by atoms with Gasteiger partial charge in [-0.3, -0.25) is 4.72 Å². The second-order valence-corrected chi connectivity index (χ2v) is 7.74. The lowest BCUT2D eigenvalue weighted by atomic mass is 10.3. The van der Waals surface area contributed by atoms with E-state index in [0.717, 1.165) is 5.69 Å². The number of methoxy groups -OCH3 is 1. The minimum absolute atomic E-state index is 0.159. The number of aryl methyl sites for hydroxylation is 1. The molecule has 0 aliphatic carbocycles. The Hall–Kier alpha value is -3.33. The molecule has 3 aromatic rings. The normalized spacial score (nSPS) is 11.0. The van der Waals surface area contributed by atoms with Gasteiger partial charge in [-0.15, -0.1) is 0 Å². The Bertz CT molecular complexity index is 1070. The van der Waals surface area contributed by atoms with Gasteiger partial charge < -0.3 is 14.8 Å². The maximum atomic E-state index is 12.6. The van der Waals surface area contributed by atoms with Crippen LogP contribution in [-0.2, 0) is 10.0 Å². The van der Waals surface area contributed by atoms with Crippen LogP contribution in [-0.4, -0.2) is 32.1 Å². The fourth-order valence-corrected chi connectivity index (χ4v) is 3.63. The molecule has 0 saturated heterocycles. The highest BCUT2D eigenvalue weighted by Crippen LogP contribution is 2.23. The Morgan fingerprint density at radius 3 is 2.24 bits per heavy atom. The molecule has 1 heterocycles. The monoisotopic (exact) mass is 414 g/mol. The molecule has 0 atom stereocenters. The Morgan fingerprint density at radius 2 is 1.62 bits per heavy atom. The first-order chi connectivity index (χ1) is 13.9. The van der Waals surface area contributed by atoms with E-state index in [2.05, 4.69) is 20.0 Å². The molecular weight excluding hydrogens is 392 g/mol. The Labute approximate surface area is 170 Å². The first kappa shape index (κ1) is 20.4. The predicted octanol–water partition coefficient (Wildman–Crippen LogP) is 3.74. The topological polar surface area (TPSA) is 102 Å². The summed E-state index contributed by atoms with van der Waals surface area (Å²) in [6.07, 6.45) is 0. The maximum absolute atomic E-state index is 12.6. The third-order valence-electron chi connectivity index (χ3n) is 3.88. The molecule has 0 unspecified atom stereocenters. The van der Waals surface area contributed by atoms with Crippen LogP contribution in [0.25, 0.3) is 0 Å². The molecule has 29 heavy (non-hydrogen) atoms. The van der Waals surface area contributed by atoms with Gasteiger partial charge in [-0.1, -0.05) is 0 Å². The molecule has 3 rings (SSSR count). The smallest absolute Gasteiger partial charge is 0.261 e. The van der Waals surface area contributed by atoms with Crippen LogP contribution >= 0.6 is 0 Å². The third-order valence-corrected chi connectivity index (χ3v) is 5.28. The number of rotatable bonds is 8. The van der Waals surface area contributed by atoms with Gasteiger partial charge in [0, 0.05) is 17.4 Å². The van der Waals surface area contributed by atoms with Gasteiger partial charge in [0.15, 0.2) is 0 Å². The number of aromatic nitrogens is 2. The summed E-state index contributed by atoms with van der Waals surface area (Å²) in [5.74, 6) is 2.24. The number of anilines is 3.